The molecule has 0 aromatic carbocycles. The van der Waals surface area contributed by atoms with Crippen LogP contribution in [-0.4, -0.2) is 48.4 Å². The number of carbonyl (C=O) groups is 1. The van der Waals surface area contributed by atoms with E-state index in [0.29, 0.717) is 12.5 Å². The Morgan fingerprint density at radius 2 is 2.12 bits per heavy atom. The highest BCUT2D eigenvalue weighted by Crippen LogP contribution is 2.27. The third kappa shape index (κ3) is 3.45. The van der Waals surface area contributed by atoms with Gasteiger partial charge in [0.1, 0.15) is 12.2 Å². The highest BCUT2D eigenvalue weighted by molar-refractivity contribution is 5.79. The first kappa shape index (κ1) is 17.6. The van der Waals surface area contributed by atoms with Crippen molar-refractivity contribution >= 4 is 5.91 Å². The number of aryl methyl sites for hydroxylation is 2. The summed E-state index contributed by atoms with van der Waals surface area (Å²) >= 11 is 0. The Kier molecular flexibility index (Phi) is 4.92. The number of hydrogen-bond donors (Lipinski definition) is 0. The average Bonchev–Trinajstić information content (AvgIpc) is 3.16. The first-order valence-corrected chi connectivity index (χ1v) is 9.04. The van der Waals surface area contributed by atoms with Crippen molar-refractivity contribution in [1.82, 2.24) is 29.4 Å². The van der Waals surface area contributed by atoms with Gasteiger partial charge in [0.15, 0.2) is 0 Å². The molecule has 1 aliphatic heterocycles. The van der Waals surface area contributed by atoms with Crippen LogP contribution >= 0.6 is 0 Å². The fourth-order valence-electron chi connectivity index (χ4n) is 3.69. The molecule has 0 saturated carbocycles. The van der Waals surface area contributed by atoms with Gasteiger partial charge in [0.25, 0.3) is 0 Å². The minimum Gasteiger partial charge on any atom is -0.342 e. The highest BCUT2D eigenvalue weighted by Gasteiger charge is 2.29. The van der Waals surface area contributed by atoms with Gasteiger partial charge in [-0.05, 0) is 40.5 Å². The summed E-state index contributed by atoms with van der Waals surface area (Å²) < 4.78 is 3.97. The summed E-state index contributed by atoms with van der Waals surface area (Å²) in [7, 11) is 1.92. The zero-order valence-corrected chi connectivity index (χ0v) is 15.9. The molecule has 1 amide bonds. The number of rotatable bonds is 4. The van der Waals surface area contributed by atoms with Gasteiger partial charge in [-0.2, -0.15) is 5.10 Å². The van der Waals surface area contributed by atoms with Gasteiger partial charge in [-0.25, -0.2) is 0 Å². The van der Waals surface area contributed by atoms with Crippen molar-refractivity contribution in [2.24, 2.45) is 7.05 Å². The lowest BCUT2D eigenvalue weighted by molar-refractivity contribution is -0.131. The Labute approximate surface area is 149 Å². The molecular formula is C18H28N6O. The molecule has 7 nitrogen and oxygen atoms in total. The number of hydrogen-bond acceptors (Lipinski definition) is 4. The fourth-order valence-corrected chi connectivity index (χ4v) is 3.69. The second-order valence-electron chi connectivity index (χ2n) is 7.32. The topological polar surface area (TPSA) is 68.8 Å². The van der Waals surface area contributed by atoms with Crippen molar-refractivity contribution in [1.29, 1.82) is 0 Å². The number of nitrogens with zero attached hydrogens (tertiary/aromatic N) is 6. The van der Waals surface area contributed by atoms with E-state index in [1.807, 2.05) is 30.5 Å². The summed E-state index contributed by atoms with van der Waals surface area (Å²) in [5, 5.41) is 12.8. The lowest BCUT2D eigenvalue weighted by Crippen LogP contribution is -2.40. The first-order chi connectivity index (χ1) is 11.9. The van der Waals surface area contributed by atoms with Gasteiger partial charge in [0, 0.05) is 43.4 Å². The summed E-state index contributed by atoms with van der Waals surface area (Å²) in [6.45, 7) is 9.80. The Morgan fingerprint density at radius 3 is 2.76 bits per heavy atom. The molecule has 0 bridgehead atoms. The van der Waals surface area contributed by atoms with Crippen LogP contribution in [0, 0.1) is 13.8 Å². The molecule has 1 unspecified atom stereocenters. The van der Waals surface area contributed by atoms with Crippen molar-refractivity contribution < 1.29 is 4.79 Å². The van der Waals surface area contributed by atoms with E-state index in [-0.39, 0.29) is 11.8 Å². The van der Waals surface area contributed by atoms with E-state index < -0.39 is 0 Å². The van der Waals surface area contributed by atoms with Gasteiger partial charge in [0.05, 0.1) is 12.1 Å². The molecule has 1 atom stereocenters. The molecule has 0 N–H and O–H groups in total. The van der Waals surface area contributed by atoms with Crippen molar-refractivity contribution in [3.05, 3.63) is 29.1 Å². The Bertz CT molecular complexity index is 760. The molecule has 0 aliphatic carbocycles. The second kappa shape index (κ2) is 6.98. The molecule has 1 aliphatic rings. The summed E-state index contributed by atoms with van der Waals surface area (Å²) in [5.74, 6) is 1.44. The van der Waals surface area contributed by atoms with E-state index in [1.165, 1.54) is 0 Å². The van der Waals surface area contributed by atoms with E-state index >= 15 is 0 Å². The molecule has 7 heteroatoms. The molecule has 25 heavy (non-hydrogen) atoms. The van der Waals surface area contributed by atoms with Crippen molar-refractivity contribution in [2.45, 2.75) is 58.9 Å². The lowest BCUT2D eigenvalue weighted by Gasteiger charge is -2.33. The van der Waals surface area contributed by atoms with Crippen LogP contribution in [0.3, 0.4) is 0 Å². The van der Waals surface area contributed by atoms with Crippen LogP contribution in [0.2, 0.25) is 0 Å². The third-order valence-corrected chi connectivity index (χ3v) is 5.28. The number of amides is 1. The normalized spacial score (nSPS) is 18.2. The van der Waals surface area contributed by atoms with Crippen LogP contribution in [0.1, 0.15) is 61.4 Å². The van der Waals surface area contributed by atoms with Gasteiger partial charge >= 0.3 is 0 Å². The van der Waals surface area contributed by atoms with E-state index in [4.69, 9.17) is 0 Å². The van der Waals surface area contributed by atoms with Crippen LogP contribution in [0.5, 0.6) is 0 Å². The van der Waals surface area contributed by atoms with E-state index in [2.05, 4.69) is 33.7 Å². The molecule has 1 fully saturated rings. The highest BCUT2D eigenvalue weighted by atomic mass is 16.2. The van der Waals surface area contributed by atoms with Crippen molar-refractivity contribution in [3.8, 4) is 0 Å². The monoisotopic (exact) mass is 344 g/mol. The number of aromatic nitrogens is 5. The summed E-state index contributed by atoms with van der Waals surface area (Å²) in [4.78, 5) is 14.8. The predicted octanol–water partition coefficient (Wildman–Crippen LogP) is 2.16. The minimum absolute atomic E-state index is 0.180. The Morgan fingerprint density at radius 1 is 1.36 bits per heavy atom. The number of carbonyl (C=O) groups excluding carboxylic acids is 1. The quantitative estimate of drug-likeness (QED) is 0.852. The third-order valence-electron chi connectivity index (χ3n) is 5.28. The minimum atomic E-state index is 0.180. The number of likely N-dealkylation sites (tertiary alicyclic amines) is 1. The second-order valence-corrected chi connectivity index (χ2v) is 7.32. The fraction of sp³-hybridized carbons (Fsp3) is 0.667. The van der Waals surface area contributed by atoms with Gasteiger partial charge in [-0.15, -0.1) is 10.2 Å². The van der Waals surface area contributed by atoms with E-state index in [9.17, 15) is 4.79 Å². The SMILES string of the molecule is Cc1nn(C)c(C)c1CC(=O)N1CCCC(c2nncn2C(C)C)C1. The molecule has 2 aromatic rings. The summed E-state index contributed by atoms with van der Waals surface area (Å²) in [6, 6.07) is 0.330. The van der Waals surface area contributed by atoms with Crippen LogP contribution in [0.25, 0.3) is 0 Å². The molecule has 136 valence electrons. The number of piperidine rings is 1. The molecule has 1 saturated heterocycles. The predicted molar refractivity (Wildman–Crippen MR) is 95.3 cm³/mol. The molecule has 3 rings (SSSR count). The van der Waals surface area contributed by atoms with Crippen molar-refractivity contribution in [3.63, 3.8) is 0 Å². The van der Waals surface area contributed by atoms with E-state index in [0.717, 1.165) is 48.7 Å². The Hall–Kier alpha value is -2.18. The zero-order valence-electron chi connectivity index (χ0n) is 15.9. The lowest BCUT2D eigenvalue weighted by atomic mass is 9.96. The molecular weight excluding hydrogens is 316 g/mol. The summed E-state index contributed by atoms with van der Waals surface area (Å²) in [6.07, 6.45) is 4.28. The van der Waals surface area contributed by atoms with Crippen molar-refractivity contribution in [2.75, 3.05) is 13.1 Å². The largest absolute Gasteiger partial charge is 0.342 e. The first-order valence-electron chi connectivity index (χ1n) is 9.04. The van der Waals surface area contributed by atoms with Gasteiger partial charge in [0.2, 0.25) is 5.91 Å². The molecule has 0 spiro atoms. The maximum absolute atomic E-state index is 12.9. The van der Waals surface area contributed by atoms with Gasteiger partial charge in [-0.3, -0.25) is 9.48 Å². The Balaban J connectivity index is 1.72. The van der Waals surface area contributed by atoms with E-state index in [1.54, 1.807) is 6.33 Å². The zero-order chi connectivity index (χ0) is 18.1. The smallest absolute Gasteiger partial charge is 0.227 e. The van der Waals surface area contributed by atoms with Crippen LogP contribution in [0.4, 0.5) is 0 Å². The molecule has 2 aromatic heterocycles. The van der Waals surface area contributed by atoms with Gasteiger partial charge in [-0.1, -0.05) is 0 Å². The molecule has 0 radical (unpaired) electrons. The van der Waals surface area contributed by atoms with Crippen LogP contribution in [0.15, 0.2) is 6.33 Å². The maximum Gasteiger partial charge on any atom is 0.227 e. The van der Waals surface area contributed by atoms with Crippen LogP contribution in [-0.2, 0) is 18.3 Å². The van der Waals surface area contributed by atoms with Crippen LogP contribution < -0.4 is 0 Å². The standard InChI is InChI=1S/C18H28N6O/c1-12(2)24-11-19-20-18(24)15-7-6-8-23(10-15)17(25)9-16-13(3)21-22(5)14(16)4/h11-12,15H,6-10H2,1-5H3. The van der Waals surface area contributed by atoms with Gasteiger partial charge < -0.3 is 9.47 Å². The molecule has 3 heterocycles. The summed E-state index contributed by atoms with van der Waals surface area (Å²) in [5.41, 5.74) is 3.07. The maximum atomic E-state index is 12.9. The average molecular weight is 344 g/mol.